The van der Waals surface area contributed by atoms with Crippen molar-refractivity contribution in [2.75, 3.05) is 39.6 Å². The fraction of sp³-hybridized carbons (Fsp3) is 1.00. The molecule has 0 fully saturated rings. The smallest absolute Gasteiger partial charge is 0 e. The molecule has 0 amide bonds. The minimum atomic E-state index is 0. The first kappa shape index (κ1) is 70.0. The van der Waals surface area contributed by atoms with Crippen molar-refractivity contribution < 1.29 is 51.7 Å². The minimum absolute atomic E-state index is 0. The first-order valence-electron chi connectivity index (χ1n) is 23.6. The molecule has 0 aromatic heterocycles. The second-order valence-corrected chi connectivity index (χ2v) is 15.5. The molecule has 0 N–H and O–H groups in total. The zero-order valence-corrected chi connectivity index (χ0v) is 42.5. The Bertz CT molecular complexity index is 422. The van der Waals surface area contributed by atoms with E-state index in [-0.39, 0.29) is 60.7 Å². The van der Waals surface area contributed by atoms with Gasteiger partial charge in [-0.1, -0.05) is 273 Å². The average molecular weight is 959 g/mol. The Kier molecular flexibility index (Phi) is 84.4. The van der Waals surface area contributed by atoms with Gasteiger partial charge in [0.25, 0.3) is 0 Å². The molecule has 0 aromatic carbocycles. The predicted molar refractivity (Wildman–Crippen MR) is 229 cm³/mol. The van der Waals surface area contributed by atoms with Crippen LogP contribution in [0.2, 0.25) is 0 Å². The summed E-state index contributed by atoms with van der Waals surface area (Å²) < 4.78 is 0. The maximum absolute atomic E-state index is 10.4. The number of hydrogen-bond acceptors (Lipinski definition) is 6. The molecule has 6 atom stereocenters. The van der Waals surface area contributed by atoms with Crippen LogP contribution in [-0.4, -0.2) is 39.6 Å². The van der Waals surface area contributed by atoms with Crippen LogP contribution in [0, 0.1) is 35.5 Å². The van der Waals surface area contributed by atoms with Crippen LogP contribution in [0.25, 0.3) is 0 Å². The monoisotopic (exact) mass is 959 g/mol. The number of rotatable bonds is 30. The van der Waals surface area contributed by atoms with Gasteiger partial charge in [0.1, 0.15) is 0 Å². The van der Waals surface area contributed by atoms with Gasteiger partial charge in [0.15, 0.2) is 0 Å². The van der Waals surface area contributed by atoms with E-state index in [9.17, 15) is 30.6 Å². The third-order valence-corrected chi connectivity index (χ3v) is 10.7. The molecule has 0 saturated carbocycles. The van der Waals surface area contributed by atoms with E-state index in [1.54, 1.807) is 0 Å². The van der Waals surface area contributed by atoms with Crippen molar-refractivity contribution in [2.45, 2.75) is 237 Å². The van der Waals surface area contributed by atoms with Crippen molar-refractivity contribution in [1.29, 1.82) is 0 Å². The largest absolute Gasteiger partial charge is 0.854 e. The van der Waals surface area contributed by atoms with Crippen molar-refractivity contribution in [3.05, 3.63) is 0 Å². The van der Waals surface area contributed by atoms with Crippen LogP contribution >= 0.6 is 0 Å². The zero-order valence-electron chi connectivity index (χ0n) is 39.5. The fourth-order valence-electron chi connectivity index (χ4n) is 5.39. The molecule has 6 nitrogen and oxygen atoms in total. The fourth-order valence-corrected chi connectivity index (χ4v) is 5.39. The molecule has 0 aromatic rings. The van der Waals surface area contributed by atoms with Crippen molar-refractivity contribution in [2.24, 2.45) is 35.5 Å². The molecule has 7 heteroatoms. The molecule has 0 rings (SSSR count). The van der Waals surface area contributed by atoms with Crippen molar-refractivity contribution >= 4 is 0 Å². The minimum Gasteiger partial charge on any atom is -0.854 e. The topological polar surface area (TPSA) is 138 Å². The Morgan fingerprint density at radius 2 is 0.345 bits per heavy atom. The van der Waals surface area contributed by atoms with Crippen LogP contribution in [-0.2, 0) is 21.1 Å². The second kappa shape index (κ2) is 66.3. The van der Waals surface area contributed by atoms with Crippen LogP contribution in [0.15, 0.2) is 0 Å². The van der Waals surface area contributed by atoms with Crippen molar-refractivity contribution in [1.82, 2.24) is 0 Å². The Morgan fingerprint density at radius 1 is 0.236 bits per heavy atom. The molecular formula is C48H102O6W-6. The normalized spacial score (nSPS) is 13.4. The van der Waals surface area contributed by atoms with E-state index in [0.29, 0.717) is 35.5 Å². The first-order chi connectivity index (χ1) is 26.1. The summed E-state index contributed by atoms with van der Waals surface area (Å²) >= 11 is 0. The maximum Gasteiger partial charge on any atom is 0 e. The van der Waals surface area contributed by atoms with E-state index in [2.05, 4.69) is 83.1 Å². The van der Waals surface area contributed by atoms with E-state index >= 15 is 0 Å². The van der Waals surface area contributed by atoms with Crippen LogP contribution in [0.4, 0.5) is 0 Å². The average Bonchev–Trinajstić information content (AvgIpc) is 3.21. The Balaban J connectivity index is -0.000000100. The standard InChI is InChI=1S/6C8H17O.W/c6*1-3-5-6-8(4-2)7-9;/h6*8H,3-7H2,1-2H3;/q6*-1;. The van der Waals surface area contributed by atoms with E-state index in [4.69, 9.17) is 0 Å². The Hall–Kier alpha value is 0.448. The summed E-state index contributed by atoms with van der Waals surface area (Å²) in [6, 6.07) is 0. The van der Waals surface area contributed by atoms with Crippen molar-refractivity contribution in [3.8, 4) is 0 Å². The summed E-state index contributed by atoms with van der Waals surface area (Å²) in [5.41, 5.74) is 0. The molecule has 0 aliphatic carbocycles. The second-order valence-electron chi connectivity index (χ2n) is 15.5. The van der Waals surface area contributed by atoms with Crippen LogP contribution in [0.1, 0.15) is 237 Å². The van der Waals surface area contributed by atoms with Gasteiger partial charge in [0.05, 0.1) is 0 Å². The van der Waals surface area contributed by atoms with Gasteiger partial charge in [-0.3, -0.25) is 0 Å². The molecular weight excluding hydrogens is 856 g/mol. The quantitative estimate of drug-likeness (QED) is 0.0704. The summed E-state index contributed by atoms with van der Waals surface area (Å²) in [6.07, 6.45) is 27.8. The maximum atomic E-state index is 10.4. The first-order valence-corrected chi connectivity index (χ1v) is 23.6. The molecule has 0 bridgehead atoms. The zero-order chi connectivity index (χ0) is 42.7. The van der Waals surface area contributed by atoms with Crippen LogP contribution < -0.4 is 30.6 Å². The van der Waals surface area contributed by atoms with Gasteiger partial charge in [0.2, 0.25) is 0 Å². The number of hydrogen-bond donors (Lipinski definition) is 0. The summed E-state index contributed by atoms with van der Waals surface area (Å²) in [5.74, 6) is 2.69. The summed E-state index contributed by atoms with van der Waals surface area (Å²) in [6.45, 7) is 26.3. The van der Waals surface area contributed by atoms with Gasteiger partial charge in [-0.2, -0.15) is 0 Å². The van der Waals surface area contributed by atoms with Gasteiger partial charge in [0, 0.05) is 21.1 Å². The molecule has 0 aliphatic rings. The molecule has 55 heavy (non-hydrogen) atoms. The van der Waals surface area contributed by atoms with E-state index in [1.807, 2.05) is 0 Å². The predicted octanol–water partition coefficient (Wildman–Crippen LogP) is 9.38. The van der Waals surface area contributed by atoms with Gasteiger partial charge in [-0.05, 0) is 0 Å². The number of unbranched alkanes of at least 4 members (excludes halogenated alkanes) is 6. The van der Waals surface area contributed by atoms with Gasteiger partial charge < -0.3 is 30.6 Å². The Labute approximate surface area is 362 Å². The van der Waals surface area contributed by atoms with Crippen LogP contribution in [0.3, 0.4) is 0 Å². The molecule has 0 saturated heterocycles. The molecule has 0 spiro atoms. The van der Waals surface area contributed by atoms with Gasteiger partial charge in [-0.15, -0.1) is 39.6 Å². The summed E-state index contributed by atoms with van der Waals surface area (Å²) in [4.78, 5) is 0. The van der Waals surface area contributed by atoms with Crippen molar-refractivity contribution in [3.63, 3.8) is 0 Å². The third kappa shape index (κ3) is 63.8. The Morgan fingerprint density at radius 3 is 0.400 bits per heavy atom. The van der Waals surface area contributed by atoms with Crippen LogP contribution in [0.5, 0.6) is 0 Å². The SMILES string of the molecule is CCCCC(CC)C[O-].CCCCC(CC)C[O-].CCCCC(CC)C[O-].CCCCC(CC)C[O-].CCCCC(CC)C[O-].CCCCC(CC)C[O-].[W]. The summed E-state index contributed by atoms with van der Waals surface area (Å²) in [5, 5.41) is 62.2. The molecule has 0 radical (unpaired) electrons. The van der Waals surface area contributed by atoms with Gasteiger partial charge >= 0.3 is 0 Å². The van der Waals surface area contributed by atoms with E-state index in [0.717, 1.165) is 77.0 Å². The molecule has 0 aliphatic heterocycles. The van der Waals surface area contributed by atoms with Gasteiger partial charge in [-0.25, -0.2) is 0 Å². The van der Waals surface area contributed by atoms with E-state index < -0.39 is 0 Å². The molecule has 6 unspecified atom stereocenters. The van der Waals surface area contributed by atoms with E-state index in [1.165, 1.54) is 77.0 Å². The molecule has 342 valence electrons. The third-order valence-electron chi connectivity index (χ3n) is 10.7. The summed E-state index contributed by atoms with van der Waals surface area (Å²) in [7, 11) is 0. The molecule has 0 heterocycles.